The molecule has 1 N–H and O–H groups in total. The molecule has 0 radical (unpaired) electrons. The van der Waals surface area contributed by atoms with Gasteiger partial charge in [0.2, 0.25) is 0 Å². The van der Waals surface area contributed by atoms with Crippen molar-refractivity contribution in [3.63, 3.8) is 0 Å². The quantitative estimate of drug-likeness (QED) is 0.775. The molecule has 0 aliphatic carbocycles. The number of rotatable bonds is 4. The second-order valence-corrected chi connectivity index (χ2v) is 5.98. The maximum absolute atomic E-state index is 5.87. The summed E-state index contributed by atoms with van der Waals surface area (Å²) < 4.78 is 16.5. The lowest BCUT2D eigenvalue weighted by molar-refractivity contribution is 0.357. The molecule has 1 aliphatic heterocycles. The fraction of sp³-hybridized carbons (Fsp3) is 0.263. The first kappa shape index (κ1) is 15.5. The number of ether oxygens (including phenoxy) is 2. The fourth-order valence-electron chi connectivity index (χ4n) is 3.20. The number of anilines is 2. The second kappa shape index (κ2) is 6.12. The Balaban J connectivity index is 1.75. The molecular weight excluding hydrogens is 318 g/mol. The van der Waals surface area contributed by atoms with E-state index in [1.54, 1.807) is 7.11 Å². The molecular formula is C19H19N3O3. The molecule has 0 fully saturated rings. The smallest absolute Gasteiger partial charge is 0.173 e. The Bertz CT molecular complexity index is 914. The van der Waals surface area contributed by atoms with Gasteiger partial charge in [-0.2, -0.15) is 0 Å². The Kier molecular flexibility index (Phi) is 3.80. The highest BCUT2D eigenvalue weighted by molar-refractivity contribution is 5.78. The Morgan fingerprint density at radius 3 is 2.88 bits per heavy atom. The molecule has 4 rings (SSSR count). The summed E-state index contributed by atoms with van der Waals surface area (Å²) in [5.74, 6) is 3.08. The molecule has 3 aromatic rings. The van der Waals surface area contributed by atoms with Crippen molar-refractivity contribution in [2.75, 3.05) is 19.0 Å². The van der Waals surface area contributed by atoms with Gasteiger partial charge in [-0.1, -0.05) is 11.2 Å². The number of aryl methyl sites for hydroxylation is 2. The van der Waals surface area contributed by atoms with E-state index in [4.69, 9.17) is 14.0 Å². The summed E-state index contributed by atoms with van der Waals surface area (Å²) in [6, 6.07) is 7.72. The van der Waals surface area contributed by atoms with Gasteiger partial charge in [-0.15, -0.1) is 0 Å². The number of nitrogens with one attached hydrogen (secondary N) is 1. The van der Waals surface area contributed by atoms with Gasteiger partial charge in [-0.25, -0.2) is 4.98 Å². The zero-order valence-corrected chi connectivity index (χ0v) is 14.4. The van der Waals surface area contributed by atoms with E-state index in [1.807, 2.05) is 44.3 Å². The highest BCUT2D eigenvalue weighted by Crippen LogP contribution is 2.41. The topological polar surface area (TPSA) is 69.4 Å². The number of hydrogen-bond acceptors (Lipinski definition) is 6. The molecule has 0 saturated heterocycles. The summed E-state index contributed by atoms with van der Waals surface area (Å²) in [4.78, 5) is 4.59. The normalized spacial score (nSPS) is 12.6. The van der Waals surface area contributed by atoms with Gasteiger partial charge in [0.25, 0.3) is 0 Å². The highest BCUT2D eigenvalue weighted by atomic mass is 16.5. The fourth-order valence-corrected chi connectivity index (χ4v) is 3.20. The minimum Gasteiger partial charge on any atom is -0.497 e. The van der Waals surface area contributed by atoms with Gasteiger partial charge in [-0.05, 0) is 26.0 Å². The van der Waals surface area contributed by atoms with Crippen molar-refractivity contribution < 1.29 is 14.0 Å². The summed E-state index contributed by atoms with van der Waals surface area (Å²) in [6.45, 7) is 4.50. The number of methoxy groups -OCH3 is 1. The van der Waals surface area contributed by atoms with Crippen LogP contribution in [0.1, 0.15) is 17.0 Å². The zero-order chi connectivity index (χ0) is 17.4. The number of hydrogen-bond donors (Lipinski definition) is 1. The SMILES string of the molecule is COc1cccc(Nc2ncc(-c3c(C)noc3C)c3c2OCC3)c1. The van der Waals surface area contributed by atoms with Crippen LogP contribution >= 0.6 is 0 Å². The average Bonchev–Trinajstić information content (AvgIpc) is 3.24. The van der Waals surface area contributed by atoms with Crippen LogP contribution in [-0.2, 0) is 6.42 Å². The molecule has 0 saturated carbocycles. The third kappa shape index (κ3) is 2.69. The highest BCUT2D eigenvalue weighted by Gasteiger charge is 2.25. The molecule has 128 valence electrons. The molecule has 1 aliphatic rings. The number of benzene rings is 1. The van der Waals surface area contributed by atoms with E-state index in [9.17, 15) is 0 Å². The second-order valence-electron chi connectivity index (χ2n) is 5.98. The number of pyridine rings is 1. The van der Waals surface area contributed by atoms with E-state index in [0.717, 1.165) is 51.8 Å². The van der Waals surface area contributed by atoms with Crippen LogP contribution in [0.4, 0.5) is 11.5 Å². The van der Waals surface area contributed by atoms with Crippen molar-refractivity contribution in [1.29, 1.82) is 0 Å². The maximum atomic E-state index is 5.87. The lowest BCUT2D eigenvalue weighted by atomic mass is 9.99. The molecule has 6 heteroatoms. The summed E-state index contributed by atoms with van der Waals surface area (Å²) in [5.41, 5.74) is 4.92. The van der Waals surface area contributed by atoms with Crippen molar-refractivity contribution in [2.24, 2.45) is 0 Å². The van der Waals surface area contributed by atoms with Crippen LogP contribution in [0.3, 0.4) is 0 Å². The average molecular weight is 337 g/mol. The van der Waals surface area contributed by atoms with Gasteiger partial charge in [0.1, 0.15) is 11.5 Å². The maximum Gasteiger partial charge on any atom is 0.173 e. The van der Waals surface area contributed by atoms with Crippen LogP contribution < -0.4 is 14.8 Å². The molecule has 25 heavy (non-hydrogen) atoms. The molecule has 3 heterocycles. The molecule has 0 atom stereocenters. The van der Waals surface area contributed by atoms with Crippen LogP contribution in [0, 0.1) is 13.8 Å². The first-order valence-corrected chi connectivity index (χ1v) is 8.16. The van der Waals surface area contributed by atoms with E-state index in [1.165, 1.54) is 0 Å². The van der Waals surface area contributed by atoms with Crippen molar-refractivity contribution >= 4 is 11.5 Å². The Morgan fingerprint density at radius 2 is 2.12 bits per heavy atom. The third-order valence-electron chi connectivity index (χ3n) is 4.37. The van der Waals surface area contributed by atoms with Crippen molar-refractivity contribution in [3.8, 4) is 22.6 Å². The van der Waals surface area contributed by atoms with Gasteiger partial charge in [0.15, 0.2) is 11.6 Å². The van der Waals surface area contributed by atoms with E-state index in [0.29, 0.717) is 12.4 Å². The molecule has 6 nitrogen and oxygen atoms in total. The van der Waals surface area contributed by atoms with E-state index in [2.05, 4.69) is 15.5 Å². The molecule has 0 spiro atoms. The zero-order valence-electron chi connectivity index (χ0n) is 14.4. The number of aromatic nitrogens is 2. The van der Waals surface area contributed by atoms with Crippen LogP contribution in [0.25, 0.3) is 11.1 Å². The van der Waals surface area contributed by atoms with Crippen LogP contribution in [0.5, 0.6) is 11.5 Å². The van der Waals surface area contributed by atoms with E-state index in [-0.39, 0.29) is 0 Å². The first-order valence-electron chi connectivity index (χ1n) is 8.16. The molecule has 2 aromatic heterocycles. The van der Waals surface area contributed by atoms with Crippen molar-refractivity contribution in [3.05, 3.63) is 47.5 Å². The van der Waals surface area contributed by atoms with Gasteiger partial charge >= 0.3 is 0 Å². The lowest BCUT2D eigenvalue weighted by Crippen LogP contribution is -1.99. The van der Waals surface area contributed by atoms with E-state index >= 15 is 0 Å². The monoisotopic (exact) mass is 337 g/mol. The third-order valence-corrected chi connectivity index (χ3v) is 4.37. The predicted molar refractivity (Wildman–Crippen MR) is 94.7 cm³/mol. The van der Waals surface area contributed by atoms with Crippen LogP contribution in [0.2, 0.25) is 0 Å². The minimum absolute atomic E-state index is 0.643. The molecule has 1 aromatic carbocycles. The number of nitrogens with zero attached hydrogens (tertiary/aromatic N) is 2. The molecule has 0 amide bonds. The molecule has 0 bridgehead atoms. The lowest BCUT2D eigenvalue weighted by Gasteiger charge is -2.13. The molecule has 0 unspecified atom stereocenters. The predicted octanol–water partition coefficient (Wildman–Crippen LogP) is 4.04. The Labute approximate surface area is 145 Å². The van der Waals surface area contributed by atoms with Crippen LogP contribution in [0.15, 0.2) is 35.0 Å². The first-order chi connectivity index (χ1) is 12.2. The van der Waals surface area contributed by atoms with Gasteiger partial charge in [-0.3, -0.25) is 0 Å². The standard InChI is InChI=1S/C19H19N3O3/c1-11-17(12(2)25-22-11)16-10-20-19(18-15(16)7-8-24-18)21-13-5-4-6-14(9-13)23-3/h4-6,9-10H,7-8H2,1-3H3,(H,20,21). The summed E-state index contributed by atoms with van der Waals surface area (Å²) >= 11 is 0. The van der Waals surface area contributed by atoms with Crippen molar-refractivity contribution in [2.45, 2.75) is 20.3 Å². The Hall–Kier alpha value is -3.02. The minimum atomic E-state index is 0.643. The summed E-state index contributed by atoms with van der Waals surface area (Å²) in [6.07, 6.45) is 2.70. The van der Waals surface area contributed by atoms with Gasteiger partial charge in [0, 0.05) is 41.1 Å². The summed E-state index contributed by atoms with van der Waals surface area (Å²) in [5, 5.41) is 7.38. The van der Waals surface area contributed by atoms with E-state index < -0.39 is 0 Å². The number of fused-ring (bicyclic) bond motifs is 1. The van der Waals surface area contributed by atoms with Crippen molar-refractivity contribution in [1.82, 2.24) is 10.1 Å². The van der Waals surface area contributed by atoms with Gasteiger partial charge < -0.3 is 19.3 Å². The van der Waals surface area contributed by atoms with Gasteiger partial charge in [0.05, 0.1) is 19.4 Å². The van der Waals surface area contributed by atoms with Crippen LogP contribution in [-0.4, -0.2) is 23.9 Å². The largest absolute Gasteiger partial charge is 0.497 e. The summed E-state index contributed by atoms with van der Waals surface area (Å²) in [7, 11) is 1.65. The Morgan fingerprint density at radius 1 is 1.24 bits per heavy atom.